The van der Waals surface area contributed by atoms with Gasteiger partial charge >= 0.3 is 0 Å². The third kappa shape index (κ3) is 2.36. The van der Waals surface area contributed by atoms with E-state index in [0.29, 0.717) is 0 Å². The van der Waals surface area contributed by atoms with Gasteiger partial charge in [-0.15, -0.1) is 0 Å². The van der Waals surface area contributed by atoms with Crippen molar-refractivity contribution in [3.05, 3.63) is 33.8 Å². The lowest BCUT2D eigenvalue weighted by molar-refractivity contribution is 0.240. The van der Waals surface area contributed by atoms with Crippen molar-refractivity contribution < 1.29 is 4.55 Å². The smallest absolute Gasteiger partial charge is 0.144 e. The molecule has 0 amide bonds. The van der Waals surface area contributed by atoms with Crippen molar-refractivity contribution in [1.29, 1.82) is 0 Å². The molecule has 1 aromatic rings. The predicted molar refractivity (Wildman–Crippen MR) is 88.6 cm³/mol. The predicted octanol–water partition coefficient (Wildman–Crippen LogP) is 4.43. The lowest BCUT2D eigenvalue weighted by Gasteiger charge is -2.38. The van der Waals surface area contributed by atoms with E-state index in [9.17, 15) is 4.55 Å². The van der Waals surface area contributed by atoms with Crippen LogP contribution < -0.4 is 0 Å². The third-order valence-electron chi connectivity index (χ3n) is 4.37. The Bertz CT molecular complexity index is 572. The van der Waals surface area contributed by atoms with Crippen LogP contribution in [-0.4, -0.2) is 15.0 Å². The maximum Gasteiger partial charge on any atom is 0.144 e. The topological polar surface area (TPSA) is 35.4 Å². The minimum atomic E-state index is -1.18. The van der Waals surface area contributed by atoms with Crippen molar-refractivity contribution in [3.8, 4) is 0 Å². The van der Waals surface area contributed by atoms with Crippen LogP contribution >= 0.6 is 15.9 Å². The summed E-state index contributed by atoms with van der Waals surface area (Å²) in [5, 5.41) is 0. The summed E-state index contributed by atoms with van der Waals surface area (Å²) < 4.78 is 17.9. The Morgan fingerprint density at radius 3 is 2.55 bits per heavy atom. The summed E-state index contributed by atoms with van der Waals surface area (Å²) >= 11 is 2.36. The van der Waals surface area contributed by atoms with Gasteiger partial charge in [0.05, 0.1) is 0 Å². The zero-order valence-electron chi connectivity index (χ0n) is 12.2. The molecule has 4 heteroatoms. The zero-order chi connectivity index (χ0) is 14.5. The molecule has 2 nitrogen and oxygen atoms in total. The molecule has 0 heterocycles. The minimum Gasteiger partial charge on any atom is -0.591 e. The molecule has 0 bridgehead atoms. The number of benzene rings is 1. The highest BCUT2D eigenvalue weighted by molar-refractivity contribution is 9.10. The number of hydrogen-bond donors (Lipinski definition) is 0. The Hall–Kier alpha value is -0.320. The largest absolute Gasteiger partial charge is 0.591 e. The molecular weight excluding hydrogens is 334 g/mol. The number of halogens is 1. The second kappa shape index (κ2) is 4.85. The summed E-state index contributed by atoms with van der Waals surface area (Å²) in [5.74, 6) is 0. The lowest BCUT2D eigenvalue weighted by Crippen LogP contribution is -2.38. The minimum absolute atomic E-state index is 0.171. The first kappa shape index (κ1) is 14.6. The maximum atomic E-state index is 12.5. The van der Waals surface area contributed by atoms with Crippen LogP contribution in [0.5, 0.6) is 0 Å². The Morgan fingerprint density at radius 2 is 2.00 bits per heavy atom. The zero-order valence-corrected chi connectivity index (χ0v) is 14.6. The van der Waals surface area contributed by atoms with E-state index in [1.165, 1.54) is 30.4 Å². The molecule has 0 radical (unpaired) electrons. The van der Waals surface area contributed by atoms with E-state index in [-0.39, 0.29) is 10.2 Å². The van der Waals surface area contributed by atoms with Gasteiger partial charge in [-0.3, -0.25) is 0 Å². The van der Waals surface area contributed by atoms with E-state index in [2.05, 4.69) is 38.5 Å². The Balaban J connectivity index is 2.07. The fraction of sp³-hybridized carbons (Fsp3) is 0.562. The van der Waals surface area contributed by atoms with E-state index < -0.39 is 11.4 Å². The van der Waals surface area contributed by atoms with Gasteiger partial charge in [-0.25, -0.2) is 0 Å². The highest BCUT2D eigenvalue weighted by Crippen LogP contribution is 2.52. The van der Waals surface area contributed by atoms with Crippen LogP contribution in [-0.2, 0) is 17.8 Å². The molecular formula is C16H20BrNOS. The fourth-order valence-corrected chi connectivity index (χ4v) is 4.13. The van der Waals surface area contributed by atoms with E-state index in [1.54, 1.807) is 0 Å². The fourth-order valence-electron chi connectivity index (χ4n) is 3.04. The van der Waals surface area contributed by atoms with Crippen LogP contribution in [0.15, 0.2) is 27.1 Å². The summed E-state index contributed by atoms with van der Waals surface area (Å²) in [7, 11) is 0. The van der Waals surface area contributed by atoms with Crippen LogP contribution in [0.4, 0.5) is 0 Å². The molecule has 1 aromatic carbocycles. The second-order valence-electron chi connectivity index (χ2n) is 6.91. The standard InChI is InChI=1S/C16H20BrNOS/c1-15(2,3)20(19)18-14-13-9-12(17)6-5-11(13)10-16(14)7-4-8-16/h5-6,9H,4,7-8,10H2,1-3H3/b18-14-. The van der Waals surface area contributed by atoms with Crippen molar-refractivity contribution in [2.45, 2.75) is 51.2 Å². The van der Waals surface area contributed by atoms with Gasteiger partial charge in [0.1, 0.15) is 21.8 Å². The number of hydrogen-bond acceptors (Lipinski definition) is 2. The molecule has 0 N–H and O–H groups in total. The summed E-state index contributed by atoms with van der Waals surface area (Å²) in [6.07, 6.45) is 4.69. The number of nitrogens with zero attached hydrogens (tertiary/aromatic N) is 1. The Labute approximate surface area is 132 Å². The van der Waals surface area contributed by atoms with Gasteiger partial charge in [-0.1, -0.05) is 32.8 Å². The average Bonchev–Trinajstić information content (AvgIpc) is 2.62. The Morgan fingerprint density at radius 1 is 1.30 bits per heavy atom. The van der Waals surface area contributed by atoms with Crippen molar-refractivity contribution in [1.82, 2.24) is 0 Å². The quantitative estimate of drug-likeness (QED) is 0.688. The first-order valence-corrected chi connectivity index (χ1v) is 9.02. The van der Waals surface area contributed by atoms with E-state index in [4.69, 9.17) is 0 Å². The van der Waals surface area contributed by atoms with Crippen molar-refractivity contribution in [2.75, 3.05) is 0 Å². The molecule has 1 saturated carbocycles. The number of rotatable bonds is 1. The normalized spacial score (nSPS) is 23.8. The third-order valence-corrected chi connectivity index (χ3v) is 6.26. The molecule has 1 atom stereocenters. The molecule has 20 heavy (non-hydrogen) atoms. The van der Waals surface area contributed by atoms with Gasteiger partial charge in [0.15, 0.2) is 0 Å². The van der Waals surface area contributed by atoms with Gasteiger partial charge in [0.2, 0.25) is 0 Å². The molecule has 1 fully saturated rings. The van der Waals surface area contributed by atoms with Crippen LogP contribution in [0.3, 0.4) is 0 Å². The van der Waals surface area contributed by atoms with Crippen LogP contribution in [0.1, 0.15) is 51.2 Å². The van der Waals surface area contributed by atoms with Crippen molar-refractivity contribution >= 4 is 33.0 Å². The molecule has 2 aliphatic rings. The second-order valence-corrected chi connectivity index (χ2v) is 9.73. The van der Waals surface area contributed by atoms with Gasteiger partial charge in [0, 0.05) is 15.5 Å². The van der Waals surface area contributed by atoms with Gasteiger partial charge in [0.25, 0.3) is 0 Å². The van der Waals surface area contributed by atoms with E-state index in [1.807, 2.05) is 20.8 Å². The summed E-state index contributed by atoms with van der Waals surface area (Å²) in [4.78, 5) is 0. The highest BCUT2D eigenvalue weighted by Gasteiger charge is 2.49. The van der Waals surface area contributed by atoms with E-state index >= 15 is 0 Å². The van der Waals surface area contributed by atoms with Gasteiger partial charge in [-0.2, -0.15) is 0 Å². The van der Waals surface area contributed by atoms with Crippen LogP contribution in [0.25, 0.3) is 0 Å². The monoisotopic (exact) mass is 353 g/mol. The Kier molecular flexibility index (Phi) is 3.55. The molecule has 108 valence electrons. The SMILES string of the molecule is CC(C)(C)[S+]([O-])/N=C1/c2cc(Br)ccc2CC12CCC2. The van der Waals surface area contributed by atoms with Gasteiger partial charge in [-0.05, 0) is 57.7 Å². The molecule has 1 spiro atoms. The first-order chi connectivity index (χ1) is 9.32. The summed E-state index contributed by atoms with van der Waals surface area (Å²) in [5.41, 5.74) is 3.83. The maximum absolute atomic E-state index is 12.5. The summed E-state index contributed by atoms with van der Waals surface area (Å²) in [6.45, 7) is 5.95. The van der Waals surface area contributed by atoms with Crippen molar-refractivity contribution in [2.24, 2.45) is 9.81 Å². The molecule has 0 saturated heterocycles. The van der Waals surface area contributed by atoms with Crippen LogP contribution in [0, 0.1) is 5.41 Å². The van der Waals surface area contributed by atoms with Crippen molar-refractivity contribution in [3.63, 3.8) is 0 Å². The first-order valence-electron chi connectivity index (χ1n) is 7.12. The van der Waals surface area contributed by atoms with Crippen LogP contribution in [0.2, 0.25) is 0 Å². The molecule has 3 rings (SSSR count). The average molecular weight is 354 g/mol. The van der Waals surface area contributed by atoms with E-state index in [0.717, 1.165) is 16.6 Å². The molecule has 2 aliphatic carbocycles. The molecule has 1 unspecified atom stereocenters. The van der Waals surface area contributed by atoms with Gasteiger partial charge < -0.3 is 4.55 Å². The highest BCUT2D eigenvalue weighted by atomic mass is 79.9. The number of fused-ring (bicyclic) bond motifs is 1. The molecule has 0 aliphatic heterocycles. The molecule has 0 aromatic heterocycles. The summed E-state index contributed by atoms with van der Waals surface area (Å²) in [6, 6.07) is 6.41. The lowest BCUT2D eigenvalue weighted by atomic mass is 9.66.